The second-order valence-electron chi connectivity index (χ2n) is 4.49. The molecular weight excluding hydrogens is 357 g/mol. The molecule has 0 spiro atoms. The maximum absolute atomic E-state index is 13.7. The topological polar surface area (TPSA) is 61.0 Å². The summed E-state index contributed by atoms with van der Waals surface area (Å²) >= 11 is 4.71. The summed E-state index contributed by atoms with van der Waals surface area (Å²) in [5, 5.41) is 0. The highest BCUT2D eigenvalue weighted by Gasteiger charge is 2.16. The number of hydrogen-bond acceptors (Lipinski definition) is 5. The number of nitrogen functional groups attached to an aromatic ring is 1. The number of thiazole rings is 1. The minimum atomic E-state index is -0.399. The molecule has 0 bridgehead atoms. The summed E-state index contributed by atoms with van der Waals surface area (Å²) in [5.74, 6) is 0.429. The quantitative estimate of drug-likeness (QED) is 0.748. The molecule has 21 heavy (non-hydrogen) atoms. The predicted molar refractivity (Wildman–Crippen MR) is 85.0 cm³/mol. The molecule has 2 N–H and O–H groups in total. The van der Waals surface area contributed by atoms with E-state index in [0.29, 0.717) is 11.3 Å². The number of aromatic nitrogens is 2. The van der Waals surface area contributed by atoms with Crippen molar-refractivity contribution in [2.24, 2.45) is 0 Å². The summed E-state index contributed by atoms with van der Waals surface area (Å²) in [5.41, 5.74) is 8.92. The van der Waals surface area contributed by atoms with Crippen molar-refractivity contribution in [3.8, 4) is 5.75 Å². The Bertz CT molecular complexity index is 808. The SMILES string of the molecule is C[C@@H](Oc1cc(Br)cnc1N)c1cc(F)cc2scnc12. The Labute approximate surface area is 132 Å². The summed E-state index contributed by atoms with van der Waals surface area (Å²) in [7, 11) is 0. The first-order valence-electron chi connectivity index (χ1n) is 6.15. The smallest absolute Gasteiger partial charge is 0.166 e. The Kier molecular flexibility index (Phi) is 3.77. The van der Waals surface area contributed by atoms with Gasteiger partial charge in [-0.15, -0.1) is 11.3 Å². The monoisotopic (exact) mass is 367 g/mol. The lowest BCUT2D eigenvalue weighted by molar-refractivity contribution is 0.228. The number of pyridine rings is 1. The van der Waals surface area contributed by atoms with Crippen LogP contribution in [-0.2, 0) is 0 Å². The standard InChI is InChI=1S/C14H11BrFN3OS/c1-7(20-11-2-8(15)5-18-14(11)17)10-3-9(16)4-12-13(10)19-6-21-12/h2-7H,1H3,(H2,17,18)/t7-/m1/s1. The molecule has 0 radical (unpaired) electrons. The highest BCUT2D eigenvalue weighted by Crippen LogP contribution is 2.32. The third kappa shape index (κ3) is 2.84. The summed E-state index contributed by atoms with van der Waals surface area (Å²) in [6.07, 6.45) is 1.19. The Morgan fingerprint density at radius 3 is 2.95 bits per heavy atom. The highest BCUT2D eigenvalue weighted by atomic mass is 79.9. The van der Waals surface area contributed by atoms with Gasteiger partial charge < -0.3 is 10.5 Å². The average Bonchev–Trinajstić information content (AvgIpc) is 2.89. The summed E-state index contributed by atoms with van der Waals surface area (Å²) < 4.78 is 21.1. The van der Waals surface area contributed by atoms with E-state index < -0.39 is 6.10 Å². The molecule has 0 aliphatic rings. The minimum absolute atomic E-state index is 0.288. The van der Waals surface area contributed by atoms with Gasteiger partial charge in [0.15, 0.2) is 11.6 Å². The average molecular weight is 368 g/mol. The molecule has 1 aromatic carbocycles. The lowest BCUT2D eigenvalue weighted by Gasteiger charge is -2.16. The van der Waals surface area contributed by atoms with Crippen LogP contribution >= 0.6 is 27.3 Å². The van der Waals surface area contributed by atoms with Crippen LogP contribution in [0.5, 0.6) is 5.75 Å². The molecule has 2 heterocycles. The van der Waals surface area contributed by atoms with Crippen molar-refractivity contribution in [1.82, 2.24) is 9.97 Å². The van der Waals surface area contributed by atoms with Crippen LogP contribution in [-0.4, -0.2) is 9.97 Å². The molecule has 0 amide bonds. The molecule has 108 valence electrons. The van der Waals surface area contributed by atoms with Crippen LogP contribution in [0.25, 0.3) is 10.2 Å². The first-order chi connectivity index (χ1) is 10.0. The van der Waals surface area contributed by atoms with Crippen LogP contribution in [0.4, 0.5) is 10.2 Å². The van der Waals surface area contributed by atoms with Gasteiger partial charge in [0.05, 0.1) is 15.7 Å². The van der Waals surface area contributed by atoms with E-state index in [1.165, 1.54) is 23.5 Å². The zero-order valence-corrected chi connectivity index (χ0v) is 13.4. The van der Waals surface area contributed by atoms with E-state index in [-0.39, 0.29) is 11.6 Å². The first kappa shape index (κ1) is 14.2. The van der Waals surface area contributed by atoms with Gasteiger partial charge in [0.2, 0.25) is 0 Å². The van der Waals surface area contributed by atoms with Crippen LogP contribution in [0, 0.1) is 5.82 Å². The van der Waals surface area contributed by atoms with Crippen LogP contribution in [0.1, 0.15) is 18.6 Å². The van der Waals surface area contributed by atoms with E-state index in [1.54, 1.807) is 17.8 Å². The lowest BCUT2D eigenvalue weighted by atomic mass is 10.1. The molecule has 0 saturated carbocycles. The van der Waals surface area contributed by atoms with E-state index in [1.807, 2.05) is 6.92 Å². The molecule has 1 atom stereocenters. The van der Waals surface area contributed by atoms with Crippen molar-refractivity contribution in [2.75, 3.05) is 5.73 Å². The zero-order chi connectivity index (χ0) is 15.0. The van der Waals surface area contributed by atoms with Crippen molar-refractivity contribution in [2.45, 2.75) is 13.0 Å². The van der Waals surface area contributed by atoms with Crippen LogP contribution in [0.2, 0.25) is 0 Å². The predicted octanol–water partition coefficient (Wildman–Crippen LogP) is 4.32. The van der Waals surface area contributed by atoms with E-state index >= 15 is 0 Å². The third-order valence-corrected chi connectivity index (χ3v) is 4.23. The molecule has 4 nitrogen and oxygen atoms in total. The van der Waals surface area contributed by atoms with Gasteiger partial charge in [-0.25, -0.2) is 14.4 Å². The number of anilines is 1. The number of hydrogen-bond donors (Lipinski definition) is 1. The van der Waals surface area contributed by atoms with E-state index in [2.05, 4.69) is 25.9 Å². The second kappa shape index (κ2) is 5.57. The van der Waals surface area contributed by atoms with Gasteiger partial charge >= 0.3 is 0 Å². The fourth-order valence-corrected chi connectivity index (χ4v) is 3.09. The Hall–Kier alpha value is -1.73. The second-order valence-corrected chi connectivity index (χ2v) is 6.29. The van der Waals surface area contributed by atoms with Crippen molar-refractivity contribution < 1.29 is 9.13 Å². The highest BCUT2D eigenvalue weighted by molar-refractivity contribution is 9.10. The molecule has 7 heteroatoms. The maximum Gasteiger partial charge on any atom is 0.166 e. The minimum Gasteiger partial charge on any atom is -0.482 e. The van der Waals surface area contributed by atoms with Crippen molar-refractivity contribution in [3.05, 3.63) is 45.8 Å². The first-order valence-corrected chi connectivity index (χ1v) is 7.82. The Morgan fingerprint density at radius 2 is 2.14 bits per heavy atom. The zero-order valence-electron chi connectivity index (χ0n) is 11.0. The molecule has 0 unspecified atom stereocenters. The number of nitrogens with two attached hydrogens (primary N) is 1. The number of fused-ring (bicyclic) bond motifs is 1. The summed E-state index contributed by atoms with van der Waals surface area (Å²) in [4.78, 5) is 8.29. The molecule has 0 saturated heterocycles. The third-order valence-electron chi connectivity index (χ3n) is 3.02. The number of halogens is 2. The maximum atomic E-state index is 13.7. The summed E-state index contributed by atoms with van der Waals surface area (Å²) in [6, 6.07) is 4.64. The van der Waals surface area contributed by atoms with Crippen LogP contribution in [0.3, 0.4) is 0 Å². The Balaban J connectivity index is 1.99. The normalized spacial score (nSPS) is 12.5. The van der Waals surface area contributed by atoms with Gasteiger partial charge in [-0.2, -0.15) is 0 Å². The van der Waals surface area contributed by atoms with Crippen molar-refractivity contribution >= 4 is 43.3 Å². The van der Waals surface area contributed by atoms with E-state index in [9.17, 15) is 4.39 Å². The number of nitrogens with zero attached hydrogens (tertiary/aromatic N) is 2. The number of benzene rings is 1. The molecule has 0 aliphatic heterocycles. The van der Waals surface area contributed by atoms with Crippen molar-refractivity contribution in [1.29, 1.82) is 0 Å². The molecule has 3 rings (SSSR count). The van der Waals surface area contributed by atoms with Gasteiger partial charge in [0, 0.05) is 16.2 Å². The fraction of sp³-hybridized carbons (Fsp3) is 0.143. The van der Waals surface area contributed by atoms with Gasteiger partial charge in [-0.05, 0) is 41.1 Å². The van der Waals surface area contributed by atoms with Gasteiger partial charge in [-0.1, -0.05) is 0 Å². The number of rotatable bonds is 3. The number of ether oxygens (including phenoxy) is 1. The largest absolute Gasteiger partial charge is 0.482 e. The molecule has 0 aliphatic carbocycles. The molecule has 2 aromatic heterocycles. The lowest BCUT2D eigenvalue weighted by Crippen LogP contribution is -2.07. The van der Waals surface area contributed by atoms with Gasteiger partial charge in [0.25, 0.3) is 0 Å². The Morgan fingerprint density at radius 1 is 1.33 bits per heavy atom. The summed E-state index contributed by atoms with van der Waals surface area (Å²) in [6.45, 7) is 1.83. The van der Waals surface area contributed by atoms with Crippen LogP contribution < -0.4 is 10.5 Å². The van der Waals surface area contributed by atoms with E-state index in [4.69, 9.17) is 10.5 Å². The molecule has 0 fully saturated rings. The fourth-order valence-electron chi connectivity index (χ4n) is 2.05. The van der Waals surface area contributed by atoms with Crippen LogP contribution in [0.15, 0.2) is 34.4 Å². The van der Waals surface area contributed by atoms with Gasteiger partial charge in [0.1, 0.15) is 11.9 Å². The van der Waals surface area contributed by atoms with Crippen molar-refractivity contribution in [3.63, 3.8) is 0 Å². The van der Waals surface area contributed by atoms with E-state index in [0.717, 1.165) is 14.7 Å². The molecule has 3 aromatic rings. The van der Waals surface area contributed by atoms with Gasteiger partial charge in [-0.3, -0.25) is 0 Å². The molecular formula is C14H11BrFN3OS.